The number of hydrogen-bond donors (Lipinski definition) is 2. The minimum atomic E-state index is -1.50. The number of para-hydroxylation sites is 1. The fourth-order valence-electron chi connectivity index (χ4n) is 1.75. The Hall–Kier alpha value is -1.78. The van der Waals surface area contributed by atoms with Crippen LogP contribution >= 0.6 is 0 Å². The monoisotopic (exact) mass is 242 g/mol. The minimum absolute atomic E-state index is 0.394. The second kappa shape index (κ2) is 6.24. The molecule has 0 radical (unpaired) electrons. The summed E-state index contributed by atoms with van der Waals surface area (Å²) in [4.78, 5) is 0. The Morgan fingerprint density at radius 3 is 2.28 bits per heavy atom. The van der Waals surface area contributed by atoms with Crippen LogP contribution in [-0.2, 0) is 6.42 Å². The average Bonchev–Trinajstić information content (AvgIpc) is 2.40. The Labute approximate surface area is 107 Å². The molecule has 4 heteroatoms. The van der Waals surface area contributed by atoms with Gasteiger partial charge in [-0.3, -0.25) is 0 Å². The Bertz CT molecular complexity index is 485. The predicted octanol–water partition coefficient (Wildman–Crippen LogP) is 0.988. The van der Waals surface area contributed by atoms with Gasteiger partial charge >= 0.3 is 7.12 Å². The second-order valence-electron chi connectivity index (χ2n) is 4.00. The third-order valence-corrected chi connectivity index (χ3v) is 2.69. The van der Waals surface area contributed by atoms with E-state index in [0.29, 0.717) is 17.8 Å². The first-order valence-corrected chi connectivity index (χ1v) is 5.89. The van der Waals surface area contributed by atoms with Crippen LogP contribution in [0.4, 0.5) is 0 Å². The highest BCUT2D eigenvalue weighted by Gasteiger charge is 2.15. The van der Waals surface area contributed by atoms with Crippen molar-refractivity contribution in [1.29, 1.82) is 0 Å². The number of hydrogen-bond acceptors (Lipinski definition) is 3. The molecule has 2 aromatic carbocycles. The van der Waals surface area contributed by atoms with E-state index in [1.54, 1.807) is 18.2 Å². The van der Waals surface area contributed by atoms with Crippen LogP contribution in [0.15, 0.2) is 54.6 Å². The first-order chi connectivity index (χ1) is 8.77. The molecule has 2 rings (SSSR count). The lowest BCUT2D eigenvalue weighted by atomic mass is 9.79. The molecule has 0 heterocycles. The summed E-state index contributed by atoms with van der Waals surface area (Å²) in [5, 5.41) is 18.4. The molecule has 2 N–H and O–H groups in total. The summed E-state index contributed by atoms with van der Waals surface area (Å²) in [5.74, 6) is 0.517. The lowest BCUT2D eigenvalue weighted by Gasteiger charge is -2.10. The van der Waals surface area contributed by atoms with Gasteiger partial charge in [-0.2, -0.15) is 0 Å². The summed E-state index contributed by atoms with van der Waals surface area (Å²) in [5.41, 5.74) is 1.59. The van der Waals surface area contributed by atoms with Gasteiger partial charge in [0.05, 0.1) is 6.61 Å². The number of ether oxygens (including phenoxy) is 1. The van der Waals surface area contributed by atoms with Crippen molar-refractivity contribution in [3.8, 4) is 5.75 Å². The van der Waals surface area contributed by atoms with Crippen molar-refractivity contribution in [1.82, 2.24) is 0 Å². The normalized spacial score (nSPS) is 10.1. The highest BCUT2D eigenvalue weighted by molar-refractivity contribution is 6.59. The molecular weight excluding hydrogens is 227 g/mol. The highest BCUT2D eigenvalue weighted by atomic mass is 16.5. The van der Waals surface area contributed by atoms with Crippen molar-refractivity contribution in [3.63, 3.8) is 0 Å². The zero-order chi connectivity index (χ0) is 12.8. The molecule has 0 atom stereocenters. The Kier molecular flexibility index (Phi) is 4.39. The minimum Gasteiger partial charge on any atom is -0.494 e. The van der Waals surface area contributed by atoms with E-state index in [-0.39, 0.29) is 0 Å². The summed E-state index contributed by atoms with van der Waals surface area (Å²) in [6.45, 7) is 0.508. The van der Waals surface area contributed by atoms with Crippen LogP contribution in [-0.4, -0.2) is 23.8 Å². The standard InChI is InChI=1S/C14H15BO3/c16-15(17)13-8-4-5-9-14(13)18-11-10-12-6-2-1-3-7-12/h1-9,16-17H,10-11H2. The highest BCUT2D eigenvalue weighted by Crippen LogP contribution is 2.08. The molecular formula is C14H15BO3. The molecule has 92 valence electrons. The smallest absolute Gasteiger partial charge is 0.492 e. The molecule has 0 amide bonds. The SMILES string of the molecule is OB(O)c1ccccc1OCCc1ccccc1. The Morgan fingerprint density at radius 2 is 1.56 bits per heavy atom. The maximum Gasteiger partial charge on any atom is 0.492 e. The fourth-order valence-corrected chi connectivity index (χ4v) is 1.75. The van der Waals surface area contributed by atoms with E-state index in [1.807, 2.05) is 36.4 Å². The van der Waals surface area contributed by atoms with E-state index in [0.717, 1.165) is 6.42 Å². The van der Waals surface area contributed by atoms with Crippen LogP contribution in [0.3, 0.4) is 0 Å². The molecule has 18 heavy (non-hydrogen) atoms. The molecule has 0 aliphatic carbocycles. The van der Waals surface area contributed by atoms with Gasteiger partial charge in [-0.1, -0.05) is 48.5 Å². The van der Waals surface area contributed by atoms with Crippen molar-refractivity contribution in [3.05, 3.63) is 60.2 Å². The van der Waals surface area contributed by atoms with Gasteiger partial charge in [-0.15, -0.1) is 0 Å². The summed E-state index contributed by atoms with van der Waals surface area (Å²) < 4.78 is 5.58. The number of benzene rings is 2. The van der Waals surface area contributed by atoms with Crippen molar-refractivity contribution < 1.29 is 14.8 Å². The van der Waals surface area contributed by atoms with E-state index in [2.05, 4.69) is 0 Å². The van der Waals surface area contributed by atoms with Gasteiger partial charge in [0.25, 0.3) is 0 Å². The Morgan fingerprint density at radius 1 is 0.889 bits per heavy atom. The first-order valence-electron chi connectivity index (χ1n) is 5.89. The van der Waals surface area contributed by atoms with Gasteiger partial charge in [0, 0.05) is 11.9 Å². The summed E-state index contributed by atoms with van der Waals surface area (Å²) >= 11 is 0. The van der Waals surface area contributed by atoms with Crippen LogP contribution in [0.1, 0.15) is 5.56 Å². The molecule has 0 unspecified atom stereocenters. The quantitative estimate of drug-likeness (QED) is 0.768. The van der Waals surface area contributed by atoms with Crippen LogP contribution in [0.5, 0.6) is 5.75 Å². The fraction of sp³-hybridized carbons (Fsp3) is 0.143. The third-order valence-electron chi connectivity index (χ3n) is 2.69. The van der Waals surface area contributed by atoms with Crippen molar-refractivity contribution >= 4 is 12.6 Å². The van der Waals surface area contributed by atoms with E-state index in [4.69, 9.17) is 4.74 Å². The molecule has 0 saturated heterocycles. The maximum absolute atomic E-state index is 9.20. The van der Waals surface area contributed by atoms with Crippen molar-refractivity contribution in [2.24, 2.45) is 0 Å². The van der Waals surface area contributed by atoms with Gasteiger partial charge in [0.15, 0.2) is 0 Å². The molecule has 0 fully saturated rings. The van der Waals surface area contributed by atoms with Crippen LogP contribution in [0.25, 0.3) is 0 Å². The second-order valence-corrected chi connectivity index (χ2v) is 4.00. The lowest BCUT2D eigenvalue weighted by Crippen LogP contribution is -2.31. The Balaban J connectivity index is 1.94. The average molecular weight is 242 g/mol. The summed E-state index contributed by atoms with van der Waals surface area (Å²) in [7, 11) is -1.50. The molecule has 0 aliphatic heterocycles. The maximum atomic E-state index is 9.20. The summed E-state index contributed by atoms with van der Waals surface area (Å²) in [6, 6.07) is 17.0. The van der Waals surface area contributed by atoms with E-state index < -0.39 is 7.12 Å². The predicted molar refractivity (Wildman–Crippen MR) is 71.9 cm³/mol. The third kappa shape index (κ3) is 3.36. The van der Waals surface area contributed by atoms with Gasteiger partial charge in [-0.25, -0.2) is 0 Å². The van der Waals surface area contributed by atoms with E-state index >= 15 is 0 Å². The van der Waals surface area contributed by atoms with Crippen molar-refractivity contribution in [2.75, 3.05) is 6.61 Å². The molecule has 2 aromatic rings. The molecule has 0 aliphatic rings. The molecule has 3 nitrogen and oxygen atoms in total. The van der Waals surface area contributed by atoms with Gasteiger partial charge in [0.1, 0.15) is 5.75 Å². The zero-order valence-corrected chi connectivity index (χ0v) is 9.99. The van der Waals surface area contributed by atoms with Gasteiger partial charge in [-0.05, 0) is 11.6 Å². The zero-order valence-electron chi connectivity index (χ0n) is 9.99. The van der Waals surface area contributed by atoms with Crippen LogP contribution in [0, 0.1) is 0 Å². The van der Waals surface area contributed by atoms with Gasteiger partial charge in [0.2, 0.25) is 0 Å². The topological polar surface area (TPSA) is 49.7 Å². The van der Waals surface area contributed by atoms with Crippen molar-refractivity contribution in [2.45, 2.75) is 6.42 Å². The molecule has 0 spiro atoms. The largest absolute Gasteiger partial charge is 0.494 e. The molecule has 0 bridgehead atoms. The molecule has 0 aromatic heterocycles. The van der Waals surface area contributed by atoms with E-state index in [9.17, 15) is 10.0 Å². The van der Waals surface area contributed by atoms with Crippen LogP contribution in [0.2, 0.25) is 0 Å². The summed E-state index contributed by atoms with van der Waals surface area (Å²) in [6.07, 6.45) is 0.788. The van der Waals surface area contributed by atoms with E-state index in [1.165, 1.54) is 5.56 Å². The molecule has 0 saturated carbocycles. The number of rotatable bonds is 5. The van der Waals surface area contributed by atoms with Gasteiger partial charge < -0.3 is 14.8 Å². The first kappa shape index (κ1) is 12.7. The van der Waals surface area contributed by atoms with Crippen LogP contribution < -0.4 is 10.2 Å². The lowest BCUT2D eigenvalue weighted by molar-refractivity contribution is 0.322.